The van der Waals surface area contributed by atoms with Gasteiger partial charge in [-0.05, 0) is 5.57 Å². The van der Waals surface area contributed by atoms with Gasteiger partial charge in [-0.25, -0.2) is 0 Å². The third-order valence-electron chi connectivity index (χ3n) is 2.23. The van der Waals surface area contributed by atoms with E-state index >= 15 is 0 Å². The highest BCUT2D eigenvalue weighted by Gasteiger charge is 2.21. The lowest BCUT2D eigenvalue weighted by Gasteiger charge is -2.34. The summed E-state index contributed by atoms with van der Waals surface area (Å²) in [6, 6.07) is 0. The van der Waals surface area contributed by atoms with Crippen LogP contribution < -0.4 is 5.73 Å². The minimum Gasteiger partial charge on any atom is -0.327 e. The molecule has 1 fully saturated rings. The molecule has 0 bridgehead atoms. The van der Waals surface area contributed by atoms with Crippen molar-refractivity contribution in [2.45, 2.75) is 24.3 Å². The zero-order chi connectivity index (χ0) is 9.84. The predicted molar refractivity (Wildman–Crippen MR) is 61.1 cm³/mol. The SMILES string of the molecule is C=C(CN)CN1CC(C)SC(C)C1. The van der Waals surface area contributed by atoms with Gasteiger partial charge < -0.3 is 5.73 Å². The number of nitrogens with two attached hydrogens (primary N) is 1. The lowest BCUT2D eigenvalue weighted by Crippen LogP contribution is -2.41. The summed E-state index contributed by atoms with van der Waals surface area (Å²) in [5, 5.41) is 1.49. The van der Waals surface area contributed by atoms with E-state index in [4.69, 9.17) is 5.73 Å². The highest BCUT2D eigenvalue weighted by Crippen LogP contribution is 2.24. The van der Waals surface area contributed by atoms with Gasteiger partial charge in [0.25, 0.3) is 0 Å². The molecule has 2 atom stereocenters. The Bertz CT molecular complexity index is 172. The maximum absolute atomic E-state index is 5.53. The molecule has 0 aromatic heterocycles. The summed E-state index contributed by atoms with van der Waals surface area (Å²) in [6.07, 6.45) is 0. The summed E-state index contributed by atoms with van der Waals surface area (Å²) in [6.45, 7) is 12.5. The van der Waals surface area contributed by atoms with Crippen LogP contribution in [-0.2, 0) is 0 Å². The monoisotopic (exact) mass is 200 g/mol. The second-order valence-corrected chi connectivity index (χ2v) is 5.79. The van der Waals surface area contributed by atoms with Crippen LogP contribution in [0.1, 0.15) is 13.8 Å². The van der Waals surface area contributed by atoms with E-state index in [1.54, 1.807) is 0 Å². The summed E-state index contributed by atoms with van der Waals surface area (Å²) in [5.41, 5.74) is 6.67. The van der Waals surface area contributed by atoms with Crippen molar-refractivity contribution < 1.29 is 0 Å². The molecule has 1 saturated heterocycles. The highest BCUT2D eigenvalue weighted by atomic mass is 32.2. The first-order valence-corrected chi connectivity index (χ1v) is 5.80. The molecule has 0 aromatic carbocycles. The van der Waals surface area contributed by atoms with Crippen LogP contribution in [-0.4, -0.2) is 41.6 Å². The highest BCUT2D eigenvalue weighted by molar-refractivity contribution is 8.00. The zero-order valence-electron chi connectivity index (χ0n) is 8.62. The number of hydrogen-bond donors (Lipinski definition) is 1. The molecule has 1 aliphatic heterocycles. The van der Waals surface area contributed by atoms with Gasteiger partial charge in [-0.3, -0.25) is 4.90 Å². The van der Waals surface area contributed by atoms with Crippen molar-refractivity contribution in [3.8, 4) is 0 Å². The second-order valence-electron chi connectivity index (χ2n) is 3.91. The molecule has 0 saturated carbocycles. The van der Waals surface area contributed by atoms with Gasteiger partial charge in [0.15, 0.2) is 0 Å². The molecule has 76 valence electrons. The number of hydrogen-bond acceptors (Lipinski definition) is 3. The second kappa shape index (κ2) is 5.03. The molecule has 1 aliphatic rings. The van der Waals surface area contributed by atoms with E-state index in [-0.39, 0.29) is 0 Å². The Labute approximate surface area is 85.6 Å². The molecule has 0 aliphatic carbocycles. The van der Waals surface area contributed by atoms with E-state index < -0.39 is 0 Å². The van der Waals surface area contributed by atoms with Crippen LogP contribution in [0, 0.1) is 0 Å². The predicted octanol–water partition coefficient (Wildman–Crippen LogP) is 1.33. The maximum Gasteiger partial charge on any atom is 0.0203 e. The van der Waals surface area contributed by atoms with E-state index in [0.29, 0.717) is 6.54 Å². The molecule has 3 heteroatoms. The van der Waals surface area contributed by atoms with Crippen molar-refractivity contribution in [2.24, 2.45) is 5.73 Å². The summed E-state index contributed by atoms with van der Waals surface area (Å²) in [5.74, 6) is 0. The first-order chi connectivity index (χ1) is 6.11. The average Bonchev–Trinajstić information content (AvgIpc) is 2.02. The van der Waals surface area contributed by atoms with Crippen LogP contribution in [0.2, 0.25) is 0 Å². The van der Waals surface area contributed by atoms with Crippen LogP contribution in [0.5, 0.6) is 0 Å². The average molecular weight is 200 g/mol. The van der Waals surface area contributed by atoms with E-state index in [1.807, 2.05) is 0 Å². The van der Waals surface area contributed by atoms with E-state index in [2.05, 4.69) is 37.1 Å². The van der Waals surface area contributed by atoms with Crippen LogP contribution in [0.25, 0.3) is 0 Å². The Balaban J connectivity index is 2.37. The summed E-state index contributed by atoms with van der Waals surface area (Å²) < 4.78 is 0. The van der Waals surface area contributed by atoms with Crippen molar-refractivity contribution in [1.82, 2.24) is 4.90 Å². The van der Waals surface area contributed by atoms with Gasteiger partial charge in [-0.2, -0.15) is 11.8 Å². The molecular weight excluding hydrogens is 180 g/mol. The van der Waals surface area contributed by atoms with E-state index in [9.17, 15) is 0 Å². The third-order valence-corrected chi connectivity index (χ3v) is 3.46. The lowest BCUT2D eigenvalue weighted by molar-refractivity contribution is 0.292. The van der Waals surface area contributed by atoms with Gasteiger partial charge in [-0.15, -0.1) is 0 Å². The molecule has 2 nitrogen and oxygen atoms in total. The molecule has 0 radical (unpaired) electrons. The van der Waals surface area contributed by atoms with E-state index in [1.165, 1.54) is 13.1 Å². The molecule has 0 spiro atoms. The minimum atomic E-state index is 0.617. The largest absolute Gasteiger partial charge is 0.327 e. The number of rotatable bonds is 3. The van der Waals surface area contributed by atoms with Crippen molar-refractivity contribution in [3.05, 3.63) is 12.2 Å². The summed E-state index contributed by atoms with van der Waals surface area (Å²) in [4.78, 5) is 2.46. The van der Waals surface area contributed by atoms with Crippen molar-refractivity contribution in [2.75, 3.05) is 26.2 Å². The zero-order valence-corrected chi connectivity index (χ0v) is 9.44. The molecule has 1 rings (SSSR count). The van der Waals surface area contributed by atoms with Gasteiger partial charge in [0.1, 0.15) is 0 Å². The first kappa shape index (κ1) is 11.1. The third kappa shape index (κ3) is 3.71. The lowest BCUT2D eigenvalue weighted by atomic mass is 10.2. The minimum absolute atomic E-state index is 0.617. The summed E-state index contributed by atoms with van der Waals surface area (Å²) in [7, 11) is 0. The van der Waals surface area contributed by atoms with Crippen LogP contribution in [0.4, 0.5) is 0 Å². The van der Waals surface area contributed by atoms with E-state index in [0.717, 1.165) is 22.6 Å². The van der Waals surface area contributed by atoms with Crippen LogP contribution >= 0.6 is 11.8 Å². The Kier molecular flexibility index (Phi) is 4.29. The Morgan fingerprint density at radius 1 is 1.46 bits per heavy atom. The Hall–Kier alpha value is 0.0100. The van der Waals surface area contributed by atoms with Crippen LogP contribution in [0.3, 0.4) is 0 Å². The number of thioether (sulfide) groups is 1. The Morgan fingerprint density at radius 3 is 2.46 bits per heavy atom. The molecule has 0 amide bonds. The topological polar surface area (TPSA) is 29.3 Å². The number of nitrogens with zero attached hydrogens (tertiary/aromatic N) is 1. The summed E-state index contributed by atoms with van der Waals surface area (Å²) >= 11 is 2.08. The first-order valence-electron chi connectivity index (χ1n) is 4.86. The quantitative estimate of drug-likeness (QED) is 0.697. The maximum atomic E-state index is 5.53. The van der Waals surface area contributed by atoms with Crippen molar-refractivity contribution in [1.29, 1.82) is 0 Å². The van der Waals surface area contributed by atoms with Gasteiger partial charge >= 0.3 is 0 Å². The molecule has 2 N–H and O–H groups in total. The van der Waals surface area contributed by atoms with Gasteiger partial charge in [0, 0.05) is 36.7 Å². The van der Waals surface area contributed by atoms with Gasteiger partial charge in [0.2, 0.25) is 0 Å². The van der Waals surface area contributed by atoms with Crippen molar-refractivity contribution in [3.63, 3.8) is 0 Å². The molecule has 1 heterocycles. The molecule has 2 unspecified atom stereocenters. The smallest absolute Gasteiger partial charge is 0.0203 e. The van der Waals surface area contributed by atoms with Crippen LogP contribution in [0.15, 0.2) is 12.2 Å². The van der Waals surface area contributed by atoms with Gasteiger partial charge in [-0.1, -0.05) is 20.4 Å². The fraction of sp³-hybridized carbons (Fsp3) is 0.800. The molecule has 13 heavy (non-hydrogen) atoms. The normalized spacial score (nSPS) is 30.4. The fourth-order valence-corrected chi connectivity index (χ4v) is 3.18. The molecule has 0 aromatic rings. The fourth-order valence-electron chi connectivity index (χ4n) is 1.79. The van der Waals surface area contributed by atoms with Crippen molar-refractivity contribution >= 4 is 11.8 Å². The Morgan fingerprint density at radius 2 is 2.00 bits per heavy atom. The van der Waals surface area contributed by atoms with Gasteiger partial charge in [0.05, 0.1) is 0 Å². The standard InChI is InChI=1S/C10H20N2S/c1-8(4-11)5-12-6-9(2)13-10(3)7-12/h9-10H,1,4-7,11H2,2-3H3. The molecular formula is C10H20N2S.